The first-order valence-corrected chi connectivity index (χ1v) is 6.96. The van der Waals surface area contributed by atoms with Crippen LogP contribution in [0.5, 0.6) is 0 Å². The average Bonchev–Trinajstić information content (AvgIpc) is 2.61. The van der Waals surface area contributed by atoms with E-state index in [4.69, 9.17) is 0 Å². The molecular weight excluding hydrogens is 294 g/mol. The highest BCUT2D eigenvalue weighted by Gasteiger charge is 2.49. The standard InChI is InChI=1S/C14H16BrNO2/c1-3-14(4-2)9-12(17)16(13(14)18)11-7-5-6-10(15)8-11/h5-8H,3-4,9H2,1-2H3. The summed E-state index contributed by atoms with van der Waals surface area (Å²) in [5.74, 6) is -0.155. The zero-order chi connectivity index (χ0) is 13.3. The highest BCUT2D eigenvalue weighted by molar-refractivity contribution is 9.10. The first kappa shape index (κ1) is 13.3. The van der Waals surface area contributed by atoms with Gasteiger partial charge in [0.2, 0.25) is 11.8 Å². The van der Waals surface area contributed by atoms with Gasteiger partial charge in [0, 0.05) is 10.9 Å². The Morgan fingerprint density at radius 2 is 1.94 bits per heavy atom. The number of carbonyl (C=O) groups is 2. The van der Waals surface area contributed by atoms with Crippen LogP contribution in [0.4, 0.5) is 5.69 Å². The topological polar surface area (TPSA) is 37.4 Å². The smallest absolute Gasteiger partial charge is 0.240 e. The van der Waals surface area contributed by atoms with Gasteiger partial charge in [-0.2, -0.15) is 0 Å². The lowest BCUT2D eigenvalue weighted by Crippen LogP contribution is -2.35. The predicted octanol–water partition coefficient (Wildman–Crippen LogP) is 3.52. The number of hydrogen-bond acceptors (Lipinski definition) is 2. The maximum absolute atomic E-state index is 12.5. The number of hydrogen-bond donors (Lipinski definition) is 0. The van der Waals surface area contributed by atoms with E-state index in [0.29, 0.717) is 24.9 Å². The molecule has 4 heteroatoms. The molecule has 3 nitrogen and oxygen atoms in total. The summed E-state index contributed by atoms with van der Waals surface area (Å²) >= 11 is 3.36. The Bertz CT molecular complexity index is 494. The van der Waals surface area contributed by atoms with Crippen molar-refractivity contribution in [3.05, 3.63) is 28.7 Å². The van der Waals surface area contributed by atoms with Gasteiger partial charge in [-0.15, -0.1) is 0 Å². The SMILES string of the molecule is CCC1(CC)CC(=O)N(c2cccc(Br)c2)C1=O. The molecule has 1 heterocycles. The summed E-state index contributed by atoms with van der Waals surface area (Å²) < 4.78 is 0.867. The molecule has 2 amide bonds. The number of anilines is 1. The normalized spacial score (nSPS) is 18.5. The highest BCUT2D eigenvalue weighted by Crippen LogP contribution is 2.41. The molecule has 0 unspecified atom stereocenters. The van der Waals surface area contributed by atoms with E-state index in [1.807, 2.05) is 26.0 Å². The maximum atomic E-state index is 12.5. The summed E-state index contributed by atoms with van der Waals surface area (Å²) in [6, 6.07) is 7.30. The minimum atomic E-state index is -0.501. The summed E-state index contributed by atoms with van der Waals surface area (Å²) in [7, 11) is 0. The van der Waals surface area contributed by atoms with E-state index in [-0.39, 0.29) is 11.8 Å². The van der Waals surface area contributed by atoms with E-state index >= 15 is 0 Å². The molecule has 1 saturated heterocycles. The molecule has 2 rings (SSSR count). The molecule has 0 N–H and O–H groups in total. The first-order chi connectivity index (χ1) is 8.54. The fourth-order valence-corrected chi connectivity index (χ4v) is 2.86. The van der Waals surface area contributed by atoms with Gasteiger partial charge in [0.25, 0.3) is 0 Å². The van der Waals surface area contributed by atoms with Crippen molar-refractivity contribution in [1.82, 2.24) is 0 Å². The summed E-state index contributed by atoms with van der Waals surface area (Å²) in [6.45, 7) is 3.94. The van der Waals surface area contributed by atoms with Crippen molar-refractivity contribution < 1.29 is 9.59 Å². The van der Waals surface area contributed by atoms with Gasteiger partial charge in [0.15, 0.2) is 0 Å². The zero-order valence-corrected chi connectivity index (χ0v) is 12.2. The van der Waals surface area contributed by atoms with E-state index in [1.54, 1.807) is 12.1 Å². The summed E-state index contributed by atoms with van der Waals surface area (Å²) in [5.41, 5.74) is 0.155. The van der Waals surface area contributed by atoms with E-state index in [9.17, 15) is 9.59 Å². The molecule has 1 fully saturated rings. The van der Waals surface area contributed by atoms with Gasteiger partial charge in [0.1, 0.15) is 0 Å². The second-order valence-electron chi connectivity index (χ2n) is 4.68. The van der Waals surface area contributed by atoms with Crippen molar-refractivity contribution in [3.63, 3.8) is 0 Å². The van der Waals surface area contributed by atoms with Crippen LogP contribution >= 0.6 is 15.9 Å². The summed E-state index contributed by atoms with van der Waals surface area (Å²) in [4.78, 5) is 26.0. The van der Waals surface area contributed by atoms with Crippen LogP contribution in [0.15, 0.2) is 28.7 Å². The van der Waals surface area contributed by atoms with Crippen LogP contribution in [0.3, 0.4) is 0 Å². The maximum Gasteiger partial charge on any atom is 0.240 e. The van der Waals surface area contributed by atoms with Gasteiger partial charge in [-0.3, -0.25) is 14.5 Å². The molecule has 1 aliphatic heterocycles. The fourth-order valence-electron chi connectivity index (χ4n) is 2.47. The van der Waals surface area contributed by atoms with E-state index < -0.39 is 5.41 Å². The molecule has 0 atom stereocenters. The lowest BCUT2D eigenvalue weighted by atomic mass is 9.81. The molecule has 0 saturated carbocycles. The Morgan fingerprint density at radius 1 is 1.28 bits per heavy atom. The molecule has 0 aliphatic carbocycles. The quantitative estimate of drug-likeness (QED) is 0.801. The fraction of sp³-hybridized carbons (Fsp3) is 0.429. The third-order valence-electron chi connectivity index (χ3n) is 3.82. The molecule has 0 spiro atoms. The molecule has 1 aliphatic rings. The number of rotatable bonds is 3. The zero-order valence-electron chi connectivity index (χ0n) is 10.6. The Labute approximate surface area is 115 Å². The van der Waals surface area contributed by atoms with Gasteiger partial charge < -0.3 is 0 Å². The lowest BCUT2D eigenvalue weighted by Gasteiger charge is -2.23. The van der Waals surface area contributed by atoms with Gasteiger partial charge >= 0.3 is 0 Å². The lowest BCUT2D eigenvalue weighted by molar-refractivity contribution is -0.126. The van der Waals surface area contributed by atoms with Crippen LogP contribution in [0.25, 0.3) is 0 Å². The van der Waals surface area contributed by atoms with Crippen molar-refractivity contribution >= 4 is 33.4 Å². The van der Waals surface area contributed by atoms with Crippen molar-refractivity contribution in [2.45, 2.75) is 33.1 Å². The molecule has 0 aromatic heterocycles. The number of halogens is 1. The molecule has 0 radical (unpaired) electrons. The Balaban J connectivity index is 2.41. The van der Waals surface area contributed by atoms with Gasteiger partial charge in [-0.25, -0.2) is 0 Å². The Hall–Kier alpha value is -1.16. The summed E-state index contributed by atoms with van der Waals surface area (Å²) in [5, 5.41) is 0. The minimum Gasteiger partial charge on any atom is -0.274 e. The average molecular weight is 310 g/mol. The van der Waals surface area contributed by atoms with Crippen molar-refractivity contribution in [1.29, 1.82) is 0 Å². The number of carbonyl (C=O) groups excluding carboxylic acids is 2. The number of amides is 2. The van der Waals surface area contributed by atoms with E-state index in [1.165, 1.54) is 4.90 Å². The second-order valence-corrected chi connectivity index (χ2v) is 5.59. The first-order valence-electron chi connectivity index (χ1n) is 6.17. The van der Waals surface area contributed by atoms with E-state index in [0.717, 1.165) is 4.47 Å². The van der Waals surface area contributed by atoms with Crippen LogP contribution < -0.4 is 4.90 Å². The molecule has 18 heavy (non-hydrogen) atoms. The number of imide groups is 1. The van der Waals surface area contributed by atoms with Crippen LogP contribution in [-0.2, 0) is 9.59 Å². The summed E-state index contributed by atoms with van der Waals surface area (Å²) in [6.07, 6.45) is 1.74. The largest absolute Gasteiger partial charge is 0.274 e. The van der Waals surface area contributed by atoms with Crippen LogP contribution in [0, 0.1) is 5.41 Å². The molecule has 1 aromatic carbocycles. The molecule has 0 bridgehead atoms. The molecular formula is C14H16BrNO2. The Morgan fingerprint density at radius 3 is 2.44 bits per heavy atom. The molecule has 1 aromatic rings. The monoisotopic (exact) mass is 309 g/mol. The second kappa shape index (κ2) is 4.84. The van der Waals surface area contributed by atoms with E-state index in [2.05, 4.69) is 15.9 Å². The van der Waals surface area contributed by atoms with Crippen LogP contribution in [-0.4, -0.2) is 11.8 Å². The molecule has 96 valence electrons. The number of nitrogens with zero attached hydrogens (tertiary/aromatic N) is 1. The van der Waals surface area contributed by atoms with Gasteiger partial charge in [0.05, 0.1) is 11.1 Å². The number of benzene rings is 1. The van der Waals surface area contributed by atoms with Crippen molar-refractivity contribution in [2.24, 2.45) is 5.41 Å². The Kier molecular flexibility index (Phi) is 3.57. The third kappa shape index (κ3) is 1.99. The minimum absolute atomic E-state index is 0.0596. The van der Waals surface area contributed by atoms with Gasteiger partial charge in [-0.1, -0.05) is 35.8 Å². The van der Waals surface area contributed by atoms with Crippen molar-refractivity contribution in [2.75, 3.05) is 4.90 Å². The third-order valence-corrected chi connectivity index (χ3v) is 4.31. The van der Waals surface area contributed by atoms with Crippen LogP contribution in [0.2, 0.25) is 0 Å². The van der Waals surface area contributed by atoms with Gasteiger partial charge in [-0.05, 0) is 31.0 Å². The predicted molar refractivity (Wildman–Crippen MR) is 74.3 cm³/mol. The van der Waals surface area contributed by atoms with Crippen molar-refractivity contribution in [3.8, 4) is 0 Å². The highest BCUT2D eigenvalue weighted by atomic mass is 79.9. The van der Waals surface area contributed by atoms with Crippen LogP contribution in [0.1, 0.15) is 33.1 Å².